The van der Waals surface area contributed by atoms with Gasteiger partial charge in [0.15, 0.2) is 0 Å². The molecule has 2 aromatic carbocycles. The van der Waals surface area contributed by atoms with Gasteiger partial charge in [-0.1, -0.05) is 46.3 Å². The lowest BCUT2D eigenvalue weighted by molar-refractivity contribution is -0.111. The van der Waals surface area contributed by atoms with Crippen molar-refractivity contribution in [3.05, 3.63) is 65.2 Å². The molecule has 1 N–H and O–H groups in total. The van der Waals surface area contributed by atoms with Crippen molar-refractivity contribution in [1.82, 2.24) is 0 Å². The van der Waals surface area contributed by atoms with E-state index in [0.717, 1.165) is 20.9 Å². The highest BCUT2D eigenvalue weighted by atomic mass is 79.9. The molecule has 0 atom stereocenters. The summed E-state index contributed by atoms with van der Waals surface area (Å²) in [5.41, 5.74) is 0.796. The summed E-state index contributed by atoms with van der Waals surface area (Å²) in [4.78, 5) is 11.6. The van der Waals surface area contributed by atoms with Crippen LogP contribution in [0.15, 0.2) is 65.2 Å². The van der Waals surface area contributed by atoms with Gasteiger partial charge in [0.1, 0.15) is 0 Å². The molecular formula is C16H14BrNO. The van der Waals surface area contributed by atoms with E-state index in [-0.39, 0.29) is 5.91 Å². The van der Waals surface area contributed by atoms with Gasteiger partial charge in [-0.05, 0) is 42.0 Å². The summed E-state index contributed by atoms with van der Waals surface area (Å²) in [5.74, 6) is -0.130. The summed E-state index contributed by atoms with van der Waals surface area (Å²) in [6, 6.07) is 11.9. The van der Waals surface area contributed by atoms with Crippen molar-refractivity contribution >= 4 is 38.3 Å². The van der Waals surface area contributed by atoms with Crippen LogP contribution in [0.2, 0.25) is 0 Å². The molecule has 0 aliphatic rings. The fourth-order valence-corrected chi connectivity index (χ4v) is 2.11. The van der Waals surface area contributed by atoms with E-state index in [4.69, 9.17) is 0 Å². The van der Waals surface area contributed by atoms with Crippen molar-refractivity contribution in [3.63, 3.8) is 0 Å². The van der Waals surface area contributed by atoms with Crippen LogP contribution in [0, 0.1) is 0 Å². The van der Waals surface area contributed by atoms with Crippen molar-refractivity contribution in [2.24, 2.45) is 0 Å². The van der Waals surface area contributed by atoms with Crippen LogP contribution < -0.4 is 5.32 Å². The predicted molar refractivity (Wildman–Crippen MR) is 84.2 cm³/mol. The number of fused-ring (bicyclic) bond motifs is 1. The minimum atomic E-state index is -0.130. The van der Waals surface area contributed by atoms with Crippen molar-refractivity contribution < 1.29 is 4.79 Å². The first-order valence-electron chi connectivity index (χ1n) is 5.99. The van der Waals surface area contributed by atoms with Gasteiger partial charge in [0.25, 0.3) is 0 Å². The molecule has 0 spiro atoms. The second-order valence-electron chi connectivity index (χ2n) is 4.08. The van der Waals surface area contributed by atoms with Crippen LogP contribution in [0.25, 0.3) is 10.8 Å². The Morgan fingerprint density at radius 3 is 2.63 bits per heavy atom. The van der Waals surface area contributed by atoms with Crippen molar-refractivity contribution in [3.8, 4) is 0 Å². The molecule has 0 radical (unpaired) electrons. The van der Waals surface area contributed by atoms with Crippen molar-refractivity contribution in [1.29, 1.82) is 0 Å². The Kier molecular flexibility index (Phi) is 4.53. The van der Waals surface area contributed by atoms with E-state index in [1.165, 1.54) is 6.08 Å². The number of anilines is 1. The quantitative estimate of drug-likeness (QED) is 0.647. The largest absolute Gasteiger partial charge is 0.322 e. The molecule has 2 aromatic rings. The summed E-state index contributed by atoms with van der Waals surface area (Å²) in [6.45, 7) is 1.91. The number of amides is 1. The number of rotatable bonds is 3. The Labute approximate surface area is 121 Å². The summed E-state index contributed by atoms with van der Waals surface area (Å²) < 4.78 is 1.05. The van der Waals surface area contributed by atoms with Gasteiger partial charge in [0.2, 0.25) is 5.91 Å². The smallest absolute Gasteiger partial charge is 0.248 e. The number of benzene rings is 2. The molecule has 2 rings (SSSR count). The summed E-state index contributed by atoms with van der Waals surface area (Å²) in [5, 5.41) is 5.07. The normalized spacial score (nSPS) is 11.5. The van der Waals surface area contributed by atoms with Gasteiger partial charge in [0, 0.05) is 16.2 Å². The molecule has 0 aliphatic heterocycles. The molecule has 96 valence electrons. The molecule has 0 saturated carbocycles. The van der Waals surface area contributed by atoms with Gasteiger partial charge in [0.05, 0.1) is 0 Å². The topological polar surface area (TPSA) is 29.1 Å². The third-order valence-electron chi connectivity index (χ3n) is 2.62. The number of allylic oxidation sites excluding steroid dienone is 3. The zero-order valence-corrected chi connectivity index (χ0v) is 12.1. The summed E-state index contributed by atoms with van der Waals surface area (Å²) in [6.07, 6.45) is 6.91. The number of hydrogen-bond donors (Lipinski definition) is 1. The lowest BCUT2D eigenvalue weighted by Gasteiger charge is -2.04. The van der Waals surface area contributed by atoms with Gasteiger partial charge in [-0.15, -0.1) is 0 Å². The van der Waals surface area contributed by atoms with Gasteiger partial charge in [-0.3, -0.25) is 4.79 Å². The lowest BCUT2D eigenvalue weighted by atomic mass is 10.1. The van der Waals surface area contributed by atoms with E-state index >= 15 is 0 Å². The van der Waals surface area contributed by atoms with E-state index in [0.29, 0.717) is 0 Å². The third kappa shape index (κ3) is 3.80. The molecule has 0 unspecified atom stereocenters. The van der Waals surface area contributed by atoms with Crippen LogP contribution in [0.1, 0.15) is 6.92 Å². The maximum Gasteiger partial charge on any atom is 0.248 e. The lowest BCUT2D eigenvalue weighted by Crippen LogP contribution is -2.07. The molecule has 3 heteroatoms. The zero-order chi connectivity index (χ0) is 13.7. The van der Waals surface area contributed by atoms with Crippen molar-refractivity contribution in [2.45, 2.75) is 6.92 Å². The Bertz CT molecular complexity index is 659. The van der Waals surface area contributed by atoms with Gasteiger partial charge >= 0.3 is 0 Å². The number of carbonyl (C=O) groups is 1. The van der Waals surface area contributed by atoms with Crippen molar-refractivity contribution in [2.75, 3.05) is 5.32 Å². The minimum absolute atomic E-state index is 0.130. The van der Waals surface area contributed by atoms with E-state index < -0.39 is 0 Å². The Balaban J connectivity index is 2.17. The minimum Gasteiger partial charge on any atom is -0.322 e. The highest BCUT2D eigenvalue weighted by molar-refractivity contribution is 9.10. The van der Waals surface area contributed by atoms with E-state index in [1.807, 2.05) is 55.5 Å². The standard InChI is InChI=1S/C16H14BrNO/c1-2-3-4-5-16(19)18-15-9-7-12-10-14(17)8-6-13(12)11-15/h2-11H,1H3,(H,18,19). The molecule has 1 amide bonds. The summed E-state index contributed by atoms with van der Waals surface area (Å²) >= 11 is 3.44. The third-order valence-corrected chi connectivity index (χ3v) is 3.11. The number of hydrogen-bond acceptors (Lipinski definition) is 1. The maximum atomic E-state index is 11.6. The van der Waals surface area contributed by atoms with E-state index in [1.54, 1.807) is 6.08 Å². The monoisotopic (exact) mass is 315 g/mol. The average molecular weight is 316 g/mol. The molecule has 2 nitrogen and oxygen atoms in total. The van der Waals surface area contributed by atoms with Crippen LogP contribution in [-0.4, -0.2) is 5.91 Å². The molecule has 19 heavy (non-hydrogen) atoms. The van der Waals surface area contributed by atoms with Gasteiger partial charge < -0.3 is 5.32 Å². The Hall–Kier alpha value is -1.87. The molecule has 0 fully saturated rings. The number of halogens is 1. The molecular weight excluding hydrogens is 302 g/mol. The number of nitrogens with one attached hydrogen (secondary N) is 1. The molecule has 0 aromatic heterocycles. The highest BCUT2D eigenvalue weighted by Gasteiger charge is 2.00. The average Bonchev–Trinajstić information content (AvgIpc) is 2.39. The van der Waals surface area contributed by atoms with Crippen LogP contribution >= 0.6 is 15.9 Å². The second-order valence-corrected chi connectivity index (χ2v) is 5.00. The fraction of sp³-hybridized carbons (Fsp3) is 0.0625. The van der Waals surface area contributed by atoms with Crippen LogP contribution in [-0.2, 0) is 4.79 Å². The SMILES string of the molecule is CC=CC=CC(=O)Nc1ccc2cc(Br)ccc2c1. The fourth-order valence-electron chi connectivity index (χ4n) is 1.73. The first kappa shape index (κ1) is 13.6. The maximum absolute atomic E-state index is 11.6. The van der Waals surface area contributed by atoms with E-state index in [2.05, 4.69) is 21.2 Å². The van der Waals surface area contributed by atoms with Gasteiger partial charge in [-0.2, -0.15) is 0 Å². The summed E-state index contributed by atoms with van der Waals surface area (Å²) in [7, 11) is 0. The predicted octanol–water partition coefficient (Wildman–Crippen LogP) is 4.67. The Morgan fingerprint density at radius 2 is 1.84 bits per heavy atom. The van der Waals surface area contributed by atoms with E-state index in [9.17, 15) is 4.79 Å². The first-order valence-corrected chi connectivity index (χ1v) is 6.78. The first-order chi connectivity index (χ1) is 9.19. The molecule has 0 heterocycles. The zero-order valence-electron chi connectivity index (χ0n) is 10.6. The molecule has 0 saturated heterocycles. The van der Waals surface area contributed by atoms with Gasteiger partial charge in [-0.25, -0.2) is 0 Å². The van der Waals surface area contributed by atoms with Crippen LogP contribution in [0.4, 0.5) is 5.69 Å². The van der Waals surface area contributed by atoms with Crippen LogP contribution in [0.5, 0.6) is 0 Å². The van der Waals surface area contributed by atoms with Crippen LogP contribution in [0.3, 0.4) is 0 Å². The Morgan fingerprint density at radius 1 is 1.11 bits per heavy atom. The highest BCUT2D eigenvalue weighted by Crippen LogP contribution is 2.22. The second kappa shape index (κ2) is 6.34. The molecule has 0 bridgehead atoms. The number of carbonyl (C=O) groups excluding carboxylic acids is 1. The molecule has 0 aliphatic carbocycles.